The minimum Gasteiger partial charge on any atom is -0.468 e. The summed E-state index contributed by atoms with van der Waals surface area (Å²) in [6.45, 7) is 0.878. The van der Waals surface area contributed by atoms with E-state index >= 15 is 0 Å². The van der Waals surface area contributed by atoms with Crippen molar-refractivity contribution in [1.82, 2.24) is 10.1 Å². The van der Waals surface area contributed by atoms with E-state index in [4.69, 9.17) is 24.3 Å². The monoisotopic (exact) mass is 550 g/mol. The molecule has 3 aliphatic rings. The lowest BCUT2D eigenvalue weighted by Crippen LogP contribution is -2.49. The van der Waals surface area contributed by atoms with Crippen LogP contribution in [0.5, 0.6) is 5.75 Å². The first-order valence-electron chi connectivity index (χ1n) is 11.8. The fourth-order valence-electron chi connectivity index (χ4n) is 4.47. The largest absolute Gasteiger partial charge is 0.468 e. The van der Waals surface area contributed by atoms with Gasteiger partial charge in [0.1, 0.15) is 36.4 Å². The van der Waals surface area contributed by atoms with E-state index in [0.717, 1.165) is 0 Å². The number of esters is 1. The molecule has 4 rings (SSSR count). The van der Waals surface area contributed by atoms with Crippen LogP contribution in [0.15, 0.2) is 57.2 Å². The Hall–Kier alpha value is -3.13. The summed E-state index contributed by atoms with van der Waals surface area (Å²) in [6, 6.07) is 6.62. The van der Waals surface area contributed by atoms with Crippen molar-refractivity contribution in [2.24, 2.45) is 20.8 Å². The molecule has 1 aromatic carbocycles. The van der Waals surface area contributed by atoms with Crippen LogP contribution >= 0.6 is 7.75 Å². The Morgan fingerprint density at radius 3 is 2.84 bits per heavy atom. The second-order valence-electron chi connectivity index (χ2n) is 8.89. The quantitative estimate of drug-likeness (QED) is 0.177. The van der Waals surface area contributed by atoms with E-state index in [-0.39, 0.29) is 11.6 Å². The summed E-state index contributed by atoms with van der Waals surface area (Å²) in [6.07, 6.45) is 0.913. The number of aliphatic hydroxyl groups is 2. The van der Waals surface area contributed by atoms with Crippen LogP contribution in [0.1, 0.15) is 13.3 Å². The molecular weight excluding hydrogens is 519 g/mol. The third-order valence-electron chi connectivity index (χ3n) is 6.33. The SMILES string of the molecule is CN=C[C@]1(CO[P@@](=O)(N[C@@H](C)C(=O)OC)Oc2ccccc2)O[C@@H](C2CC=C3C(N)=NC=NN32)[C@H](O)[C@@H]1O. The highest BCUT2D eigenvalue weighted by molar-refractivity contribution is 7.52. The lowest BCUT2D eigenvalue weighted by molar-refractivity contribution is -0.142. The minimum atomic E-state index is -4.27. The van der Waals surface area contributed by atoms with Gasteiger partial charge in [0.05, 0.1) is 25.5 Å². The Morgan fingerprint density at radius 1 is 1.42 bits per heavy atom. The maximum absolute atomic E-state index is 13.8. The molecule has 14 nitrogen and oxygen atoms in total. The standard InChI is InChI=1S/C23H31N6O8P/c1-14(22(32)34-3)28-38(33,37-15-7-5-4-6-8-15)35-12-23(11-25-2)20(31)18(30)19(36-23)16-9-10-17-21(24)26-13-27-29(16)17/h4-8,10-11,13-14,16,18-20,30-31H,9,12H2,1-3H3,(H,28,33)(H2,24,26,27)/t14-,16?,18-,19-,20-,23+,38-/m0/s1. The van der Waals surface area contributed by atoms with Crippen molar-refractivity contribution in [1.29, 1.82) is 0 Å². The van der Waals surface area contributed by atoms with E-state index in [1.165, 1.54) is 33.6 Å². The number of amidine groups is 1. The molecule has 1 fully saturated rings. The first kappa shape index (κ1) is 27.9. The molecular formula is C23H31N6O8P. The average molecular weight is 551 g/mol. The molecule has 1 saturated heterocycles. The van der Waals surface area contributed by atoms with Gasteiger partial charge in [0.25, 0.3) is 0 Å². The number of rotatable bonds is 10. The number of nitrogens with two attached hydrogens (primary N) is 1. The number of aliphatic hydroxyl groups excluding tert-OH is 2. The zero-order chi connectivity index (χ0) is 27.5. The number of methoxy groups -OCH3 is 1. The molecule has 0 aromatic heterocycles. The molecule has 3 aliphatic heterocycles. The summed E-state index contributed by atoms with van der Waals surface area (Å²) < 4.78 is 36.1. The first-order valence-corrected chi connectivity index (χ1v) is 13.3. The molecule has 0 radical (unpaired) electrons. The van der Waals surface area contributed by atoms with Gasteiger partial charge in [0, 0.05) is 13.3 Å². The zero-order valence-electron chi connectivity index (χ0n) is 21.1. The summed E-state index contributed by atoms with van der Waals surface area (Å²) in [4.78, 5) is 20.0. The molecule has 1 unspecified atom stereocenters. The maximum Gasteiger partial charge on any atom is 0.459 e. The van der Waals surface area contributed by atoms with Crippen LogP contribution in [0, 0.1) is 0 Å². The van der Waals surface area contributed by atoms with Crippen LogP contribution in [0.4, 0.5) is 0 Å². The van der Waals surface area contributed by atoms with E-state index in [0.29, 0.717) is 12.1 Å². The molecule has 0 spiro atoms. The fraction of sp³-hybridized carbons (Fsp3) is 0.478. The van der Waals surface area contributed by atoms with Crippen molar-refractivity contribution in [3.63, 3.8) is 0 Å². The zero-order valence-corrected chi connectivity index (χ0v) is 22.0. The van der Waals surface area contributed by atoms with Crippen molar-refractivity contribution in [3.05, 3.63) is 42.1 Å². The van der Waals surface area contributed by atoms with Crippen LogP contribution in [0.25, 0.3) is 0 Å². The number of benzene rings is 1. The Kier molecular flexibility index (Phi) is 8.31. The number of nitrogens with zero attached hydrogens (tertiary/aromatic N) is 4. The third-order valence-corrected chi connectivity index (χ3v) is 7.95. The first-order chi connectivity index (χ1) is 18.1. The predicted molar refractivity (Wildman–Crippen MR) is 138 cm³/mol. The second-order valence-corrected chi connectivity index (χ2v) is 10.6. The van der Waals surface area contributed by atoms with Crippen LogP contribution in [-0.4, -0.2) is 96.3 Å². The number of nitrogens with one attached hydrogen (secondary N) is 1. The van der Waals surface area contributed by atoms with Crippen LogP contribution in [-0.2, 0) is 23.4 Å². The van der Waals surface area contributed by atoms with Crippen LogP contribution in [0.2, 0.25) is 0 Å². The van der Waals surface area contributed by atoms with Crippen molar-refractivity contribution in [2.75, 3.05) is 20.8 Å². The van der Waals surface area contributed by atoms with Gasteiger partial charge in [-0.2, -0.15) is 10.2 Å². The number of para-hydroxylation sites is 1. The number of hydrogen-bond donors (Lipinski definition) is 4. The number of carbonyl (C=O) groups is 1. The van der Waals surface area contributed by atoms with Crippen molar-refractivity contribution >= 4 is 32.1 Å². The summed E-state index contributed by atoms with van der Waals surface area (Å²) in [5.41, 5.74) is 4.80. The summed E-state index contributed by atoms with van der Waals surface area (Å²) in [5, 5.41) is 30.5. The summed E-state index contributed by atoms with van der Waals surface area (Å²) in [5.74, 6) is -0.223. The molecule has 0 aliphatic carbocycles. The van der Waals surface area contributed by atoms with Gasteiger partial charge in [-0.25, -0.2) is 9.56 Å². The van der Waals surface area contributed by atoms with Crippen LogP contribution < -0.4 is 15.3 Å². The Balaban J connectivity index is 1.57. The highest BCUT2D eigenvalue weighted by Crippen LogP contribution is 2.47. The molecule has 15 heteroatoms. The van der Waals surface area contributed by atoms with E-state index < -0.39 is 56.3 Å². The Labute approximate surface area is 219 Å². The molecule has 7 atom stereocenters. The summed E-state index contributed by atoms with van der Waals surface area (Å²) >= 11 is 0. The van der Waals surface area contributed by atoms with Gasteiger partial charge >= 0.3 is 13.7 Å². The number of hydrazone groups is 1. The van der Waals surface area contributed by atoms with E-state index in [1.54, 1.807) is 35.3 Å². The smallest absolute Gasteiger partial charge is 0.459 e. The molecule has 1 aromatic rings. The van der Waals surface area contributed by atoms with Gasteiger partial charge < -0.3 is 29.9 Å². The maximum atomic E-state index is 13.8. The highest BCUT2D eigenvalue weighted by Gasteiger charge is 2.58. The molecule has 0 amide bonds. The number of fused-ring (bicyclic) bond motifs is 1. The third kappa shape index (κ3) is 5.51. The van der Waals surface area contributed by atoms with Crippen molar-refractivity contribution in [3.8, 4) is 5.75 Å². The van der Waals surface area contributed by atoms with Gasteiger partial charge in [-0.05, 0) is 25.5 Å². The van der Waals surface area contributed by atoms with E-state index in [1.807, 2.05) is 6.08 Å². The number of carbonyl (C=O) groups excluding carboxylic acids is 1. The Bertz CT molecular complexity index is 1190. The van der Waals surface area contributed by atoms with Gasteiger partial charge in [-0.15, -0.1) is 0 Å². The van der Waals surface area contributed by atoms with Crippen molar-refractivity contribution in [2.45, 2.75) is 49.3 Å². The fourth-order valence-corrected chi connectivity index (χ4v) is 6.00. The van der Waals surface area contributed by atoms with E-state index in [2.05, 4.69) is 20.2 Å². The lowest BCUT2D eigenvalue weighted by atomic mass is 9.94. The van der Waals surface area contributed by atoms with E-state index in [9.17, 15) is 19.6 Å². The van der Waals surface area contributed by atoms with Gasteiger partial charge in [0.2, 0.25) is 0 Å². The number of hydrogen-bond acceptors (Lipinski definition) is 13. The van der Waals surface area contributed by atoms with Gasteiger partial charge in [0.15, 0.2) is 11.4 Å². The molecule has 0 saturated carbocycles. The summed E-state index contributed by atoms with van der Waals surface area (Å²) in [7, 11) is -1.62. The van der Waals surface area contributed by atoms with Crippen LogP contribution in [0.3, 0.4) is 0 Å². The molecule has 38 heavy (non-hydrogen) atoms. The molecule has 206 valence electrons. The predicted octanol–water partition coefficient (Wildman–Crippen LogP) is 0.174. The lowest BCUT2D eigenvalue weighted by Gasteiger charge is -2.33. The van der Waals surface area contributed by atoms with Gasteiger partial charge in [-0.1, -0.05) is 24.3 Å². The second kappa shape index (κ2) is 11.3. The number of aliphatic imine (C=N–C) groups is 2. The molecule has 0 bridgehead atoms. The van der Waals surface area contributed by atoms with Crippen molar-refractivity contribution < 1.29 is 38.1 Å². The Morgan fingerprint density at radius 2 is 2.16 bits per heavy atom. The normalized spacial score (nSPS) is 30.9. The highest BCUT2D eigenvalue weighted by atomic mass is 31.2. The number of ether oxygens (including phenoxy) is 2. The van der Waals surface area contributed by atoms with Gasteiger partial charge in [-0.3, -0.25) is 19.3 Å². The minimum absolute atomic E-state index is 0.205. The topological polar surface area (TPSA) is 190 Å². The molecule has 5 N–H and O–H groups in total. The molecule has 3 heterocycles. The average Bonchev–Trinajstić information content (AvgIpc) is 3.44.